The molecule has 1 amide bonds. The highest BCUT2D eigenvalue weighted by molar-refractivity contribution is 7.93. The van der Waals surface area contributed by atoms with Crippen molar-refractivity contribution in [2.45, 2.75) is 26.4 Å². The van der Waals surface area contributed by atoms with Crippen LogP contribution in [-0.2, 0) is 19.6 Å². The predicted molar refractivity (Wildman–Crippen MR) is 96.9 cm³/mol. The molecule has 1 atom stereocenters. The Balaban J connectivity index is 1.67. The third-order valence-electron chi connectivity index (χ3n) is 4.00. The summed E-state index contributed by atoms with van der Waals surface area (Å²) in [6, 6.07) is 7.66. The fourth-order valence-corrected chi connectivity index (χ4v) is 4.20. The van der Waals surface area contributed by atoms with E-state index in [0.717, 1.165) is 0 Å². The standard InChI is InChI=1S/C17H19N3O6S/c1-11-9-15(26-19-11)18-16(21)12(2)25-17(22)13-5-3-6-14(10-13)20-7-4-8-27(20,23)24/h3,5-6,9-10,12H,4,7-8H2,1-2H3,(H,18,21)/t12-/m0/s1. The number of amides is 1. The average Bonchev–Trinajstić information content (AvgIpc) is 3.19. The third-order valence-corrected chi connectivity index (χ3v) is 5.87. The van der Waals surface area contributed by atoms with Gasteiger partial charge >= 0.3 is 5.97 Å². The molecule has 1 aromatic carbocycles. The minimum atomic E-state index is -3.35. The fraction of sp³-hybridized carbons (Fsp3) is 0.353. The SMILES string of the molecule is Cc1cc(NC(=O)[C@H](C)OC(=O)c2cccc(N3CCCS3(=O)=O)c2)on1. The Bertz CT molecular complexity index is 969. The Hall–Kier alpha value is -2.88. The second-order valence-electron chi connectivity index (χ2n) is 6.16. The Labute approximate surface area is 156 Å². The molecule has 0 spiro atoms. The number of anilines is 2. The molecule has 10 heteroatoms. The van der Waals surface area contributed by atoms with Gasteiger partial charge in [-0.25, -0.2) is 13.2 Å². The van der Waals surface area contributed by atoms with Crippen LogP contribution in [0.1, 0.15) is 29.4 Å². The van der Waals surface area contributed by atoms with Crippen LogP contribution in [0, 0.1) is 6.92 Å². The van der Waals surface area contributed by atoms with Gasteiger partial charge in [0.1, 0.15) is 0 Å². The number of sulfonamides is 1. The number of nitrogens with zero attached hydrogens (tertiary/aromatic N) is 2. The van der Waals surface area contributed by atoms with Crippen molar-refractivity contribution in [1.29, 1.82) is 0 Å². The van der Waals surface area contributed by atoms with E-state index in [1.807, 2.05) is 0 Å². The lowest BCUT2D eigenvalue weighted by atomic mass is 10.2. The zero-order valence-corrected chi connectivity index (χ0v) is 15.7. The lowest BCUT2D eigenvalue weighted by Gasteiger charge is -2.18. The van der Waals surface area contributed by atoms with Crippen LogP contribution in [-0.4, -0.2) is 43.9 Å². The van der Waals surface area contributed by atoms with Crippen molar-refractivity contribution >= 4 is 33.5 Å². The van der Waals surface area contributed by atoms with Gasteiger partial charge in [0.15, 0.2) is 6.10 Å². The van der Waals surface area contributed by atoms with E-state index in [2.05, 4.69) is 10.5 Å². The van der Waals surface area contributed by atoms with Crippen LogP contribution in [0.4, 0.5) is 11.6 Å². The summed E-state index contributed by atoms with van der Waals surface area (Å²) in [5, 5.41) is 6.10. The van der Waals surface area contributed by atoms with Crippen molar-refractivity contribution in [3.8, 4) is 0 Å². The molecule has 144 valence electrons. The van der Waals surface area contributed by atoms with Crippen LogP contribution in [0.25, 0.3) is 0 Å². The molecule has 1 aliphatic heterocycles. The fourth-order valence-electron chi connectivity index (χ4n) is 2.65. The predicted octanol–water partition coefficient (Wildman–Crippen LogP) is 1.71. The summed E-state index contributed by atoms with van der Waals surface area (Å²) in [6.07, 6.45) is -0.544. The van der Waals surface area contributed by atoms with Gasteiger partial charge in [0.2, 0.25) is 15.9 Å². The maximum Gasteiger partial charge on any atom is 0.338 e. The van der Waals surface area contributed by atoms with Gasteiger partial charge in [-0.1, -0.05) is 11.2 Å². The van der Waals surface area contributed by atoms with E-state index < -0.39 is 28.0 Å². The molecule has 0 radical (unpaired) electrons. The van der Waals surface area contributed by atoms with Gasteiger partial charge in [-0.2, -0.15) is 0 Å². The van der Waals surface area contributed by atoms with Crippen molar-refractivity contribution in [3.63, 3.8) is 0 Å². The van der Waals surface area contributed by atoms with E-state index in [1.165, 1.54) is 29.4 Å². The average molecular weight is 393 g/mol. The first-order valence-electron chi connectivity index (χ1n) is 8.32. The molecule has 1 aliphatic rings. The minimum Gasteiger partial charge on any atom is -0.449 e. The molecular formula is C17H19N3O6S. The van der Waals surface area contributed by atoms with E-state index in [9.17, 15) is 18.0 Å². The molecule has 2 heterocycles. The van der Waals surface area contributed by atoms with Crippen LogP contribution in [0.5, 0.6) is 0 Å². The molecule has 1 fully saturated rings. The summed E-state index contributed by atoms with van der Waals surface area (Å²) in [7, 11) is -3.35. The highest BCUT2D eigenvalue weighted by atomic mass is 32.2. The Morgan fingerprint density at radius 2 is 2.11 bits per heavy atom. The van der Waals surface area contributed by atoms with Crippen molar-refractivity contribution < 1.29 is 27.3 Å². The number of rotatable bonds is 5. The van der Waals surface area contributed by atoms with Crippen molar-refractivity contribution in [2.24, 2.45) is 0 Å². The number of hydrogen-bond acceptors (Lipinski definition) is 7. The highest BCUT2D eigenvalue weighted by Crippen LogP contribution is 2.25. The summed E-state index contributed by atoms with van der Waals surface area (Å²) >= 11 is 0. The van der Waals surface area contributed by atoms with E-state index in [4.69, 9.17) is 9.26 Å². The lowest BCUT2D eigenvalue weighted by molar-refractivity contribution is -0.123. The molecule has 1 N–H and O–H groups in total. The van der Waals surface area contributed by atoms with Gasteiger partial charge < -0.3 is 9.26 Å². The van der Waals surface area contributed by atoms with Gasteiger partial charge in [-0.15, -0.1) is 0 Å². The van der Waals surface area contributed by atoms with Gasteiger partial charge in [-0.05, 0) is 38.5 Å². The number of nitrogens with one attached hydrogen (secondary N) is 1. The molecule has 0 bridgehead atoms. The third kappa shape index (κ3) is 4.27. The first kappa shape index (κ1) is 18.9. The quantitative estimate of drug-likeness (QED) is 0.768. The topological polar surface area (TPSA) is 119 Å². The van der Waals surface area contributed by atoms with Gasteiger partial charge in [0.05, 0.1) is 22.7 Å². The molecule has 27 heavy (non-hydrogen) atoms. The molecule has 0 unspecified atom stereocenters. The smallest absolute Gasteiger partial charge is 0.338 e. The molecule has 9 nitrogen and oxygen atoms in total. The van der Waals surface area contributed by atoms with Crippen LogP contribution in [0.3, 0.4) is 0 Å². The first-order valence-corrected chi connectivity index (χ1v) is 9.93. The lowest BCUT2D eigenvalue weighted by Crippen LogP contribution is -2.30. The number of esters is 1. The summed E-state index contributed by atoms with van der Waals surface area (Å²) in [4.78, 5) is 24.4. The summed E-state index contributed by atoms with van der Waals surface area (Å²) in [5.74, 6) is -1.07. The Morgan fingerprint density at radius 1 is 1.33 bits per heavy atom. The second kappa shape index (κ2) is 7.39. The number of aryl methyl sites for hydroxylation is 1. The van der Waals surface area contributed by atoms with E-state index >= 15 is 0 Å². The molecule has 2 aromatic rings. The zero-order chi connectivity index (χ0) is 19.6. The van der Waals surface area contributed by atoms with Crippen LogP contribution in [0.2, 0.25) is 0 Å². The van der Waals surface area contributed by atoms with Crippen LogP contribution < -0.4 is 9.62 Å². The molecule has 0 saturated carbocycles. The van der Waals surface area contributed by atoms with Gasteiger partial charge in [-0.3, -0.25) is 14.4 Å². The number of carbonyl (C=O) groups excluding carboxylic acids is 2. The number of aromatic nitrogens is 1. The Kier molecular flexibility index (Phi) is 5.17. The molecular weight excluding hydrogens is 374 g/mol. The van der Waals surface area contributed by atoms with E-state index in [1.54, 1.807) is 19.1 Å². The molecule has 1 aromatic heterocycles. The van der Waals surface area contributed by atoms with E-state index in [-0.39, 0.29) is 17.2 Å². The largest absolute Gasteiger partial charge is 0.449 e. The van der Waals surface area contributed by atoms with E-state index in [0.29, 0.717) is 24.3 Å². The number of carbonyl (C=O) groups is 2. The van der Waals surface area contributed by atoms with Crippen LogP contribution in [0.15, 0.2) is 34.9 Å². The second-order valence-corrected chi connectivity index (χ2v) is 8.17. The number of ether oxygens (including phenoxy) is 1. The summed E-state index contributed by atoms with van der Waals surface area (Å²) in [6.45, 7) is 3.50. The highest BCUT2D eigenvalue weighted by Gasteiger charge is 2.29. The van der Waals surface area contributed by atoms with Crippen LogP contribution >= 0.6 is 0 Å². The number of hydrogen-bond donors (Lipinski definition) is 1. The molecule has 1 saturated heterocycles. The minimum absolute atomic E-state index is 0.0833. The summed E-state index contributed by atoms with van der Waals surface area (Å²) in [5.41, 5.74) is 1.16. The molecule has 0 aliphatic carbocycles. The first-order chi connectivity index (χ1) is 12.8. The summed E-state index contributed by atoms with van der Waals surface area (Å²) < 4.78 is 35.4. The number of benzene rings is 1. The maximum absolute atomic E-state index is 12.3. The zero-order valence-electron chi connectivity index (χ0n) is 14.8. The van der Waals surface area contributed by atoms with Crippen molar-refractivity contribution in [2.75, 3.05) is 21.9 Å². The monoisotopic (exact) mass is 393 g/mol. The normalized spacial score (nSPS) is 16.7. The maximum atomic E-state index is 12.3. The Morgan fingerprint density at radius 3 is 2.74 bits per heavy atom. The molecule has 3 rings (SSSR count). The van der Waals surface area contributed by atoms with Gasteiger partial charge in [0.25, 0.3) is 5.91 Å². The van der Waals surface area contributed by atoms with Gasteiger partial charge in [0, 0.05) is 12.6 Å². The van der Waals surface area contributed by atoms with Crippen molar-refractivity contribution in [3.05, 3.63) is 41.6 Å². The van der Waals surface area contributed by atoms with Crippen molar-refractivity contribution in [1.82, 2.24) is 5.16 Å².